The fourth-order valence-corrected chi connectivity index (χ4v) is 1.98. The zero-order valence-electron chi connectivity index (χ0n) is 8.02. The Morgan fingerprint density at radius 3 is 2.85 bits per heavy atom. The molecule has 1 aromatic heterocycles. The highest BCUT2D eigenvalue weighted by atomic mass is 16.5. The third-order valence-corrected chi connectivity index (χ3v) is 2.59. The molecular formula is C10H16N2O. The first-order chi connectivity index (χ1) is 6.42. The van der Waals surface area contributed by atoms with Gasteiger partial charge >= 0.3 is 0 Å². The number of hydrogen-bond acceptors (Lipinski definition) is 2. The van der Waals surface area contributed by atoms with Gasteiger partial charge in [-0.15, -0.1) is 0 Å². The molecule has 1 aromatic rings. The molecule has 3 nitrogen and oxygen atoms in total. The summed E-state index contributed by atoms with van der Waals surface area (Å²) in [6.45, 7) is 1.97. The minimum atomic E-state index is 0.553. The summed E-state index contributed by atoms with van der Waals surface area (Å²) in [6, 6.07) is 4.67. The standard InChI is InChI=1S/C10H16N2O/c1-13-9-10-5-4-8-12(10)11-6-2-3-7-11/h2-3,6-7,10H,4-5,8-9H2,1H3/t10-/m0/s1. The summed E-state index contributed by atoms with van der Waals surface area (Å²) in [5, 5.41) is 2.36. The molecule has 1 aliphatic rings. The molecule has 0 N–H and O–H groups in total. The lowest BCUT2D eigenvalue weighted by atomic mass is 10.2. The highest BCUT2D eigenvalue weighted by molar-refractivity contribution is 5.04. The molecule has 0 radical (unpaired) electrons. The molecule has 72 valence electrons. The molecule has 1 fully saturated rings. The molecular weight excluding hydrogens is 164 g/mol. The highest BCUT2D eigenvalue weighted by Gasteiger charge is 2.23. The lowest BCUT2D eigenvalue weighted by Crippen LogP contribution is -2.40. The van der Waals surface area contributed by atoms with Crippen LogP contribution in [0.4, 0.5) is 0 Å². The average Bonchev–Trinajstić information content (AvgIpc) is 2.71. The Bertz CT molecular complexity index is 245. The van der Waals surface area contributed by atoms with E-state index in [4.69, 9.17) is 4.74 Å². The Balaban J connectivity index is 2.05. The van der Waals surface area contributed by atoms with E-state index in [1.807, 2.05) is 0 Å². The van der Waals surface area contributed by atoms with Crippen molar-refractivity contribution in [3.8, 4) is 0 Å². The minimum absolute atomic E-state index is 0.553. The summed E-state index contributed by atoms with van der Waals surface area (Å²) >= 11 is 0. The average molecular weight is 180 g/mol. The molecule has 13 heavy (non-hydrogen) atoms. The topological polar surface area (TPSA) is 17.4 Å². The van der Waals surface area contributed by atoms with Gasteiger partial charge in [0.25, 0.3) is 0 Å². The monoisotopic (exact) mass is 180 g/mol. The fourth-order valence-electron chi connectivity index (χ4n) is 1.98. The van der Waals surface area contributed by atoms with Crippen LogP contribution in [-0.4, -0.2) is 31.0 Å². The maximum Gasteiger partial charge on any atom is 0.0688 e. The van der Waals surface area contributed by atoms with Gasteiger partial charge in [0.1, 0.15) is 0 Å². The first kappa shape index (κ1) is 8.63. The van der Waals surface area contributed by atoms with Crippen molar-refractivity contribution in [1.29, 1.82) is 0 Å². The van der Waals surface area contributed by atoms with Crippen molar-refractivity contribution in [1.82, 2.24) is 4.68 Å². The van der Waals surface area contributed by atoms with Crippen LogP contribution in [0.5, 0.6) is 0 Å². The minimum Gasteiger partial charge on any atom is -0.382 e. The molecule has 2 heterocycles. The number of methoxy groups -OCH3 is 1. The Labute approximate surface area is 78.9 Å². The SMILES string of the molecule is COC[C@@H]1CCCN1n1cccc1. The summed E-state index contributed by atoms with van der Waals surface area (Å²) in [6.07, 6.45) is 6.69. The van der Waals surface area contributed by atoms with Crippen molar-refractivity contribution < 1.29 is 4.74 Å². The van der Waals surface area contributed by atoms with E-state index in [-0.39, 0.29) is 0 Å². The second kappa shape index (κ2) is 3.83. The van der Waals surface area contributed by atoms with E-state index in [2.05, 4.69) is 34.2 Å². The maximum atomic E-state index is 5.20. The van der Waals surface area contributed by atoms with Gasteiger partial charge in [0, 0.05) is 26.0 Å². The quantitative estimate of drug-likeness (QED) is 0.696. The van der Waals surface area contributed by atoms with Gasteiger partial charge in [-0.05, 0) is 25.0 Å². The van der Waals surface area contributed by atoms with Crippen LogP contribution in [0.3, 0.4) is 0 Å². The Kier molecular flexibility index (Phi) is 2.54. The van der Waals surface area contributed by atoms with Crippen molar-refractivity contribution in [2.45, 2.75) is 18.9 Å². The van der Waals surface area contributed by atoms with Crippen LogP contribution in [0.15, 0.2) is 24.5 Å². The molecule has 0 amide bonds. The van der Waals surface area contributed by atoms with E-state index in [0.717, 1.165) is 13.2 Å². The lowest BCUT2D eigenvalue weighted by Gasteiger charge is -2.27. The Morgan fingerprint density at radius 1 is 1.38 bits per heavy atom. The molecule has 2 rings (SSSR count). The zero-order valence-corrected chi connectivity index (χ0v) is 8.02. The molecule has 3 heteroatoms. The summed E-state index contributed by atoms with van der Waals surface area (Å²) < 4.78 is 7.36. The van der Waals surface area contributed by atoms with E-state index < -0.39 is 0 Å². The highest BCUT2D eigenvalue weighted by Crippen LogP contribution is 2.15. The molecule has 1 atom stereocenters. The van der Waals surface area contributed by atoms with Crippen molar-refractivity contribution in [2.75, 3.05) is 25.3 Å². The van der Waals surface area contributed by atoms with Crippen LogP contribution in [0.1, 0.15) is 12.8 Å². The summed E-state index contributed by atoms with van der Waals surface area (Å²) in [5.74, 6) is 0. The predicted molar refractivity (Wildman–Crippen MR) is 52.4 cm³/mol. The van der Waals surface area contributed by atoms with Crippen molar-refractivity contribution in [3.63, 3.8) is 0 Å². The first-order valence-electron chi connectivity index (χ1n) is 4.80. The van der Waals surface area contributed by atoms with E-state index >= 15 is 0 Å². The van der Waals surface area contributed by atoms with Gasteiger partial charge in [0.2, 0.25) is 0 Å². The predicted octanol–water partition coefficient (Wildman–Crippen LogP) is 1.23. The van der Waals surface area contributed by atoms with Crippen LogP contribution in [0, 0.1) is 0 Å². The van der Waals surface area contributed by atoms with Crippen molar-refractivity contribution in [2.24, 2.45) is 0 Å². The summed E-state index contributed by atoms with van der Waals surface area (Å²) in [5.41, 5.74) is 0. The van der Waals surface area contributed by atoms with Crippen LogP contribution < -0.4 is 5.01 Å². The molecule has 0 aromatic carbocycles. The molecule has 0 aliphatic carbocycles. The van der Waals surface area contributed by atoms with Crippen LogP contribution in [0.25, 0.3) is 0 Å². The van der Waals surface area contributed by atoms with Gasteiger partial charge in [0.05, 0.1) is 12.6 Å². The van der Waals surface area contributed by atoms with E-state index in [1.54, 1.807) is 7.11 Å². The third-order valence-electron chi connectivity index (χ3n) is 2.59. The van der Waals surface area contributed by atoms with Gasteiger partial charge in [-0.25, -0.2) is 0 Å². The van der Waals surface area contributed by atoms with Crippen LogP contribution in [0.2, 0.25) is 0 Å². The normalized spacial score (nSPS) is 22.5. The van der Waals surface area contributed by atoms with Crippen molar-refractivity contribution >= 4 is 0 Å². The molecule has 0 unspecified atom stereocenters. The van der Waals surface area contributed by atoms with Crippen molar-refractivity contribution in [3.05, 3.63) is 24.5 Å². The van der Waals surface area contributed by atoms with Gasteiger partial charge in [-0.1, -0.05) is 0 Å². The Hall–Kier alpha value is -0.960. The van der Waals surface area contributed by atoms with E-state index in [9.17, 15) is 0 Å². The molecule has 1 aliphatic heterocycles. The number of aromatic nitrogens is 1. The number of hydrogen-bond donors (Lipinski definition) is 0. The van der Waals surface area contributed by atoms with Gasteiger partial charge in [0.15, 0.2) is 0 Å². The van der Waals surface area contributed by atoms with Crippen LogP contribution in [-0.2, 0) is 4.74 Å². The maximum absolute atomic E-state index is 5.20. The number of nitrogens with zero attached hydrogens (tertiary/aromatic N) is 2. The molecule has 0 saturated carbocycles. The molecule has 1 saturated heterocycles. The molecule has 0 spiro atoms. The van der Waals surface area contributed by atoms with Gasteiger partial charge in [-0.3, -0.25) is 4.68 Å². The third kappa shape index (κ3) is 1.70. The van der Waals surface area contributed by atoms with Gasteiger partial charge < -0.3 is 9.75 Å². The fraction of sp³-hybridized carbons (Fsp3) is 0.600. The van der Waals surface area contributed by atoms with E-state index in [1.165, 1.54) is 12.8 Å². The second-order valence-corrected chi connectivity index (χ2v) is 3.48. The summed E-state index contributed by atoms with van der Waals surface area (Å²) in [4.78, 5) is 0. The smallest absolute Gasteiger partial charge is 0.0688 e. The Morgan fingerprint density at radius 2 is 2.15 bits per heavy atom. The summed E-state index contributed by atoms with van der Waals surface area (Å²) in [7, 11) is 1.77. The zero-order chi connectivity index (χ0) is 9.10. The number of ether oxygens (including phenoxy) is 1. The lowest BCUT2D eigenvalue weighted by molar-refractivity contribution is 0.174. The second-order valence-electron chi connectivity index (χ2n) is 3.48. The molecule has 0 bridgehead atoms. The first-order valence-corrected chi connectivity index (χ1v) is 4.80. The van der Waals surface area contributed by atoms with E-state index in [0.29, 0.717) is 6.04 Å². The van der Waals surface area contributed by atoms with Crippen LogP contribution >= 0.6 is 0 Å². The van der Waals surface area contributed by atoms with Gasteiger partial charge in [-0.2, -0.15) is 0 Å². The largest absolute Gasteiger partial charge is 0.382 e. The number of rotatable bonds is 3.